The van der Waals surface area contributed by atoms with Crippen LogP contribution in [0, 0.1) is 0 Å². The van der Waals surface area contributed by atoms with Crippen molar-refractivity contribution in [2.75, 3.05) is 18.4 Å². The lowest BCUT2D eigenvalue weighted by Crippen LogP contribution is -2.41. The molecule has 0 bridgehead atoms. The average molecular weight is 234 g/mol. The quantitative estimate of drug-likeness (QED) is 0.638. The maximum absolute atomic E-state index is 3.49. The third-order valence-corrected chi connectivity index (χ3v) is 3.24. The van der Waals surface area contributed by atoms with E-state index in [1.165, 1.54) is 45.2 Å². The Morgan fingerprint density at radius 1 is 1.33 bits per heavy atom. The summed E-state index contributed by atoms with van der Waals surface area (Å²) in [4.78, 5) is 2.67. The first-order chi connectivity index (χ1) is 5.88. The number of nitrogens with zero attached hydrogens (tertiary/aromatic N) is 1. The Labute approximate surface area is 84.6 Å². The fourth-order valence-corrected chi connectivity index (χ4v) is 2.03. The number of alkyl halides is 1. The Hall–Kier alpha value is 0.440. The van der Waals surface area contributed by atoms with Crippen molar-refractivity contribution in [1.82, 2.24) is 4.90 Å². The van der Waals surface area contributed by atoms with Crippen LogP contribution in [0.3, 0.4) is 0 Å². The molecule has 1 nitrogen and oxygen atoms in total. The fraction of sp³-hybridized carbons (Fsp3) is 1.00. The van der Waals surface area contributed by atoms with Crippen molar-refractivity contribution in [2.24, 2.45) is 0 Å². The first-order valence-electron chi connectivity index (χ1n) is 5.18. The molecule has 1 aliphatic carbocycles. The van der Waals surface area contributed by atoms with Crippen molar-refractivity contribution < 1.29 is 0 Å². The zero-order chi connectivity index (χ0) is 8.81. The summed E-state index contributed by atoms with van der Waals surface area (Å²) in [6.07, 6.45) is 6.96. The van der Waals surface area contributed by atoms with Gasteiger partial charge in [0, 0.05) is 11.4 Å². The maximum Gasteiger partial charge on any atom is 0.00952 e. The normalized spacial score (nSPS) is 18.2. The molecule has 0 aromatic rings. The molecule has 0 atom stereocenters. The van der Waals surface area contributed by atoms with Crippen molar-refractivity contribution in [1.29, 1.82) is 0 Å². The lowest BCUT2D eigenvalue weighted by Gasteiger charge is -2.37. The standard InChI is InChI=1S/C10H20BrN/c1-2-8-12(9-4-7-11)10-5-3-6-10/h10H,2-9H2,1H3. The molecule has 0 aliphatic heterocycles. The summed E-state index contributed by atoms with van der Waals surface area (Å²) in [6.45, 7) is 4.88. The van der Waals surface area contributed by atoms with Gasteiger partial charge in [-0.25, -0.2) is 0 Å². The predicted molar refractivity (Wildman–Crippen MR) is 57.9 cm³/mol. The summed E-state index contributed by atoms with van der Waals surface area (Å²) in [5, 5.41) is 1.15. The highest BCUT2D eigenvalue weighted by Crippen LogP contribution is 2.24. The van der Waals surface area contributed by atoms with E-state index in [-0.39, 0.29) is 0 Å². The molecule has 0 unspecified atom stereocenters. The summed E-state index contributed by atoms with van der Waals surface area (Å²) in [5.41, 5.74) is 0. The zero-order valence-corrected chi connectivity index (χ0v) is 9.65. The van der Waals surface area contributed by atoms with Crippen LogP contribution in [0.25, 0.3) is 0 Å². The van der Waals surface area contributed by atoms with Crippen molar-refractivity contribution in [2.45, 2.75) is 45.1 Å². The molecule has 0 N–H and O–H groups in total. The van der Waals surface area contributed by atoms with Gasteiger partial charge < -0.3 is 4.90 Å². The molecular weight excluding hydrogens is 214 g/mol. The molecule has 72 valence electrons. The van der Waals surface area contributed by atoms with Gasteiger partial charge in [-0.3, -0.25) is 0 Å². The first-order valence-corrected chi connectivity index (χ1v) is 6.30. The molecule has 0 amide bonds. The monoisotopic (exact) mass is 233 g/mol. The van der Waals surface area contributed by atoms with Crippen LogP contribution >= 0.6 is 15.9 Å². The fourth-order valence-electron chi connectivity index (χ4n) is 1.78. The van der Waals surface area contributed by atoms with E-state index in [4.69, 9.17) is 0 Å². The van der Waals surface area contributed by atoms with E-state index in [2.05, 4.69) is 27.8 Å². The average Bonchev–Trinajstić information content (AvgIpc) is 1.97. The lowest BCUT2D eigenvalue weighted by molar-refractivity contribution is 0.128. The molecule has 1 rings (SSSR count). The van der Waals surface area contributed by atoms with E-state index in [0.29, 0.717) is 0 Å². The Morgan fingerprint density at radius 2 is 2.08 bits per heavy atom. The van der Waals surface area contributed by atoms with Crippen LogP contribution in [0.2, 0.25) is 0 Å². The molecule has 0 saturated heterocycles. The van der Waals surface area contributed by atoms with Crippen LogP contribution in [0.15, 0.2) is 0 Å². The highest BCUT2D eigenvalue weighted by Gasteiger charge is 2.23. The minimum atomic E-state index is 0.934. The Morgan fingerprint density at radius 3 is 2.50 bits per heavy atom. The zero-order valence-electron chi connectivity index (χ0n) is 8.06. The van der Waals surface area contributed by atoms with Crippen molar-refractivity contribution >= 4 is 15.9 Å². The largest absolute Gasteiger partial charge is 0.300 e. The van der Waals surface area contributed by atoms with Gasteiger partial charge in [-0.15, -0.1) is 0 Å². The second kappa shape index (κ2) is 5.98. The van der Waals surface area contributed by atoms with Crippen LogP contribution < -0.4 is 0 Å². The topological polar surface area (TPSA) is 3.24 Å². The van der Waals surface area contributed by atoms with Crippen molar-refractivity contribution in [3.05, 3.63) is 0 Å². The summed E-state index contributed by atoms with van der Waals surface area (Å²) in [6, 6.07) is 0.934. The van der Waals surface area contributed by atoms with E-state index < -0.39 is 0 Å². The molecule has 0 heterocycles. The Balaban J connectivity index is 2.17. The Bertz CT molecular complexity index is 112. The van der Waals surface area contributed by atoms with Gasteiger partial charge in [0.2, 0.25) is 0 Å². The minimum absolute atomic E-state index is 0.934. The van der Waals surface area contributed by atoms with Crippen LogP contribution in [0.4, 0.5) is 0 Å². The molecular formula is C10H20BrN. The third kappa shape index (κ3) is 3.06. The van der Waals surface area contributed by atoms with Gasteiger partial charge in [0.05, 0.1) is 0 Å². The number of rotatable bonds is 6. The number of halogens is 1. The SMILES string of the molecule is CCCN(CCCBr)C1CCC1. The maximum atomic E-state index is 3.49. The Kier molecular flexibility index (Phi) is 5.24. The van der Waals surface area contributed by atoms with Crippen molar-refractivity contribution in [3.8, 4) is 0 Å². The minimum Gasteiger partial charge on any atom is -0.300 e. The molecule has 0 radical (unpaired) electrons. The van der Waals surface area contributed by atoms with Gasteiger partial charge >= 0.3 is 0 Å². The second-order valence-corrected chi connectivity index (χ2v) is 4.46. The predicted octanol–water partition coefficient (Wildman–Crippen LogP) is 3.04. The van der Waals surface area contributed by atoms with Crippen LogP contribution in [0.5, 0.6) is 0 Å². The molecule has 1 fully saturated rings. The molecule has 0 aromatic heterocycles. The van der Waals surface area contributed by atoms with Crippen LogP contribution in [-0.2, 0) is 0 Å². The summed E-state index contributed by atoms with van der Waals surface area (Å²) in [5.74, 6) is 0. The number of hydrogen-bond acceptors (Lipinski definition) is 1. The third-order valence-electron chi connectivity index (χ3n) is 2.68. The van der Waals surface area contributed by atoms with Crippen molar-refractivity contribution in [3.63, 3.8) is 0 Å². The van der Waals surface area contributed by atoms with E-state index in [1.807, 2.05) is 0 Å². The van der Waals surface area contributed by atoms with Crippen LogP contribution in [-0.4, -0.2) is 29.4 Å². The van der Waals surface area contributed by atoms with E-state index >= 15 is 0 Å². The molecule has 0 aromatic carbocycles. The second-order valence-electron chi connectivity index (χ2n) is 3.66. The summed E-state index contributed by atoms with van der Waals surface area (Å²) >= 11 is 3.49. The van der Waals surface area contributed by atoms with E-state index in [0.717, 1.165) is 11.4 Å². The summed E-state index contributed by atoms with van der Waals surface area (Å²) in [7, 11) is 0. The van der Waals surface area contributed by atoms with Gasteiger partial charge in [0.25, 0.3) is 0 Å². The van der Waals surface area contributed by atoms with Gasteiger partial charge in [0.1, 0.15) is 0 Å². The lowest BCUT2D eigenvalue weighted by atomic mass is 9.91. The van der Waals surface area contributed by atoms with Gasteiger partial charge in [-0.1, -0.05) is 29.3 Å². The van der Waals surface area contributed by atoms with Gasteiger partial charge in [-0.2, -0.15) is 0 Å². The highest BCUT2D eigenvalue weighted by molar-refractivity contribution is 9.09. The molecule has 1 saturated carbocycles. The van der Waals surface area contributed by atoms with Gasteiger partial charge in [-0.05, 0) is 38.8 Å². The first kappa shape index (κ1) is 10.5. The molecule has 12 heavy (non-hydrogen) atoms. The molecule has 2 heteroatoms. The highest BCUT2D eigenvalue weighted by atomic mass is 79.9. The summed E-state index contributed by atoms with van der Waals surface area (Å²) < 4.78 is 0. The van der Waals surface area contributed by atoms with E-state index in [9.17, 15) is 0 Å². The molecule has 0 spiro atoms. The van der Waals surface area contributed by atoms with Crippen LogP contribution in [0.1, 0.15) is 39.0 Å². The van der Waals surface area contributed by atoms with Gasteiger partial charge in [0.15, 0.2) is 0 Å². The smallest absolute Gasteiger partial charge is 0.00952 e. The molecule has 1 aliphatic rings. The number of hydrogen-bond donors (Lipinski definition) is 0. The van der Waals surface area contributed by atoms with E-state index in [1.54, 1.807) is 0 Å².